The minimum Gasteiger partial charge on any atom is -0.459 e. The Balaban J connectivity index is 1.45. The van der Waals surface area contributed by atoms with E-state index >= 15 is 0 Å². The second kappa shape index (κ2) is 6.70. The molecule has 0 spiro atoms. The molecule has 20 heavy (non-hydrogen) atoms. The van der Waals surface area contributed by atoms with Gasteiger partial charge in [-0.15, -0.1) is 0 Å². The van der Waals surface area contributed by atoms with Gasteiger partial charge in [0, 0.05) is 38.8 Å². The van der Waals surface area contributed by atoms with Crippen LogP contribution in [-0.2, 0) is 6.54 Å². The van der Waals surface area contributed by atoms with Gasteiger partial charge in [0.05, 0.1) is 0 Å². The Kier molecular flexibility index (Phi) is 4.71. The Labute approximate surface area is 123 Å². The molecule has 110 valence electrons. The predicted molar refractivity (Wildman–Crippen MR) is 83.2 cm³/mol. The highest BCUT2D eigenvalue weighted by molar-refractivity contribution is 5.14. The van der Waals surface area contributed by atoms with Crippen molar-refractivity contribution in [2.45, 2.75) is 25.4 Å². The van der Waals surface area contributed by atoms with Crippen molar-refractivity contribution >= 4 is 0 Å². The minimum absolute atomic E-state index is 0.798. The summed E-state index contributed by atoms with van der Waals surface area (Å²) in [7, 11) is 4.04. The van der Waals surface area contributed by atoms with E-state index in [4.69, 9.17) is 0 Å². The summed E-state index contributed by atoms with van der Waals surface area (Å²) < 4.78 is 0. The lowest BCUT2D eigenvalue weighted by Gasteiger charge is -2.44. The SMILES string of the molecule is [CH2-]N1CCC(N2CCN(Cc3ccccc3)CC2)CC1. The standard InChI is InChI=1S/C17H26N3/c1-18-9-7-17(8-10-18)20-13-11-19(12-14-20)15-16-5-3-2-4-6-16/h2-6,17H,1,7-15H2/q-1. The highest BCUT2D eigenvalue weighted by Gasteiger charge is 2.25. The van der Waals surface area contributed by atoms with Crippen LogP contribution in [0.15, 0.2) is 30.3 Å². The Hall–Kier alpha value is -0.900. The van der Waals surface area contributed by atoms with Crippen molar-refractivity contribution in [3.8, 4) is 0 Å². The molecule has 0 atom stereocenters. The van der Waals surface area contributed by atoms with Gasteiger partial charge in [0.2, 0.25) is 0 Å². The van der Waals surface area contributed by atoms with Crippen LogP contribution in [0, 0.1) is 7.05 Å². The molecule has 0 bridgehead atoms. The van der Waals surface area contributed by atoms with Crippen LogP contribution in [-0.4, -0.2) is 60.0 Å². The van der Waals surface area contributed by atoms with Gasteiger partial charge >= 0.3 is 0 Å². The third-order valence-electron chi connectivity index (χ3n) is 4.73. The summed E-state index contributed by atoms with van der Waals surface area (Å²) in [6.45, 7) is 8.30. The zero-order chi connectivity index (χ0) is 13.8. The fourth-order valence-electron chi connectivity index (χ4n) is 3.41. The summed E-state index contributed by atoms with van der Waals surface area (Å²) in [4.78, 5) is 7.50. The Morgan fingerprint density at radius 3 is 2.20 bits per heavy atom. The Morgan fingerprint density at radius 2 is 1.55 bits per heavy atom. The fourth-order valence-corrected chi connectivity index (χ4v) is 3.41. The molecule has 2 fully saturated rings. The Morgan fingerprint density at radius 1 is 0.900 bits per heavy atom. The number of nitrogens with zero attached hydrogens (tertiary/aromatic N) is 3. The molecule has 0 N–H and O–H groups in total. The van der Waals surface area contributed by atoms with E-state index in [0.717, 1.165) is 25.7 Å². The molecule has 0 radical (unpaired) electrons. The van der Waals surface area contributed by atoms with E-state index in [0.29, 0.717) is 0 Å². The average molecular weight is 272 g/mol. The van der Waals surface area contributed by atoms with E-state index in [2.05, 4.69) is 52.1 Å². The first-order chi connectivity index (χ1) is 9.81. The highest BCUT2D eigenvalue weighted by atomic mass is 15.3. The van der Waals surface area contributed by atoms with Gasteiger partial charge in [-0.25, -0.2) is 0 Å². The zero-order valence-corrected chi connectivity index (χ0v) is 12.4. The molecular weight excluding hydrogens is 246 g/mol. The largest absolute Gasteiger partial charge is 0.459 e. The van der Waals surface area contributed by atoms with Crippen molar-refractivity contribution in [3.63, 3.8) is 0 Å². The van der Waals surface area contributed by atoms with Crippen LogP contribution < -0.4 is 0 Å². The number of likely N-dealkylation sites (tertiary alicyclic amines) is 1. The van der Waals surface area contributed by atoms with Crippen LogP contribution in [0.4, 0.5) is 0 Å². The molecule has 0 aliphatic carbocycles. The maximum absolute atomic E-state index is 4.04. The van der Waals surface area contributed by atoms with Gasteiger partial charge in [0.1, 0.15) is 0 Å². The second-order valence-corrected chi connectivity index (χ2v) is 6.15. The normalized spacial score (nSPS) is 24.1. The molecule has 0 aromatic heterocycles. The highest BCUT2D eigenvalue weighted by Crippen LogP contribution is 2.18. The molecule has 3 heteroatoms. The number of benzene rings is 1. The van der Waals surface area contributed by atoms with Crippen molar-refractivity contribution in [2.75, 3.05) is 39.3 Å². The molecule has 3 rings (SSSR count). The van der Waals surface area contributed by atoms with Crippen LogP contribution in [0.1, 0.15) is 18.4 Å². The van der Waals surface area contributed by atoms with Crippen molar-refractivity contribution < 1.29 is 0 Å². The Bertz CT molecular complexity index is 390. The third kappa shape index (κ3) is 3.60. The third-order valence-corrected chi connectivity index (χ3v) is 4.73. The first kappa shape index (κ1) is 14.1. The summed E-state index contributed by atoms with van der Waals surface area (Å²) in [5.41, 5.74) is 1.44. The lowest BCUT2D eigenvalue weighted by Crippen LogP contribution is -2.52. The maximum Gasteiger partial charge on any atom is 0.0234 e. The van der Waals surface area contributed by atoms with Crippen LogP contribution >= 0.6 is 0 Å². The van der Waals surface area contributed by atoms with Gasteiger partial charge in [-0.3, -0.25) is 16.8 Å². The molecule has 0 amide bonds. The van der Waals surface area contributed by atoms with Crippen molar-refractivity contribution in [3.05, 3.63) is 42.9 Å². The van der Waals surface area contributed by atoms with E-state index in [1.54, 1.807) is 0 Å². The lowest BCUT2D eigenvalue weighted by molar-refractivity contribution is 0.0646. The van der Waals surface area contributed by atoms with Gasteiger partial charge in [0.15, 0.2) is 0 Å². The molecule has 2 saturated heterocycles. The van der Waals surface area contributed by atoms with Crippen molar-refractivity contribution in [2.24, 2.45) is 0 Å². The zero-order valence-electron chi connectivity index (χ0n) is 12.4. The van der Waals surface area contributed by atoms with Gasteiger partial charge < -0.3 is 4.90 Å². The number of hydrogen-bond acceptors (Lipinski definition) is 3. The molecule has 2 aliphatic rings. The van der Waals surface area contributed by atoms with E-state index in [1.807, 2.05) is 0 Å². The number of hydrogen-bond donors (Lipinski definition) is 0. The van der Waals surface area contributed by atoms with Gasteiger partial charge in [-0.1, -0.05) is 30.3 Å². The van der Waals surface area contributed by atoms with Gasteiger partial charge in [0.25, 0.3) is 0 Å². The molecule has 0 saturated carbocycles. The summed E-state index contributed by atoms with van der Waals surface area (Å²) >= 11 is 0. The number of piperazine rings is 1. The second-order valence-electron chi connectivity index (χ2n) is 6.15. The smallest absolute Gasteiger partial charge is 0.0234 e. The topological polar surface area (TPSA) is 9.72 Å². The summed E-state index contributed by atoms with van der Waals surface area (Å²) in [5, 5.41) is 0. The van der Waals surface area contributed by atoms with E-state index in [9.17, 15) is 0 Å². The van der Waals surface area contributed by atoms with Crippen molar-refractivity contribution in [1.29, 1.82) is 0 Å². The molecule has 0 unspecified atom stereocenters. The number of piperidine rings is 1. The first-order valence-electron chi connectivity index (χ1n) is 7.87. The lowest BCUT2D eigenvalue weighted by atomic mass is 10.0. The summed E-state index contributed by atoms with van der Waals surface area (Å²) in [6, 6.07) is 11.6. The molecule has 1 aromatic carbocycles. The van der Waals surface area contributed by atoms with Crippen molar-refractivity contribution in [1.82, 2.24) is 14.7 Å². The first-order valence-corrected chi connectivity index (χ1v) is 7.87. The van der Waals surface area contributed by atoms with Crippen LogP contribution in [0.5, 0.6) is 0 Å². The molecule has 2 heterocycles. The molecule has 3 nitrogen and oxygen atoms in total. The van der Waals surface area contributed by atoms with Crippen LogP contribution in [0.25, 0.3) is 0 Å². The average Bonchev–Trinajstić information content (AvgIpc) is 2.50. The van der Waals surface area contributed by atoms with E-state index in [1.165, 1.54) is 44.6 Å². The van der Waals surface area contributed by atoms with Gasteiger partial charge in [-0.05, 0) is 31.5 Å². The van der Waals surface area contributed by atoms with Crippen LogP contribution in [0.3, 0.4) is 0 Å². The maximum atomic E-state index is 4.04. The van der Waals surface area contributed by atoms with E-state index in [-0.39, 0.29) is 0 Å². The molecule has 2 aliphatic heterocycles. The summed E-state index contributed by atoms with van der Waals surface area (Å²) in [5.74, 6) is 0. The predicted octanol–water partition coefficient (Wildman–Crippen LogP) is 2.06. The molecular formula is C17H26N3-. The van der Waals surface area contributed by atoms with Crippen LogP contribution in [0.2, 0.25) is 0 Å². The minimum atomic E-state index is 0.798. The molecule has 1 aromatic rings. The fraction of sp³-hybridized carbons (Fsp3) is 0.588. The number of rotatable bonds is 3. The quantitative estimate of drug-likeness (QED) is 0.780. The monoisotopic (exact) mass is 272 g/mol. The summed E-state index contributed by atoms with van der Waals surface area (Å²) in [6.07, 6.45) is 2.59. The van der Waals surface area contributed by atoms with Gasteiger partial charge in [-0.2, -0.15) is 0 Å². The van der Waals surface area contributed by atoms with E-state index < -0.39 is 0 Å².